The molecule has 0 aromatic heterocycles. The van der Waals surface area contributed by atoms with E-state index < -0.39 is 0 Å². The Bertz CT molecular complexity index is 469. The van der Waals surface area contributed by atoms with Crippen molar-refractivity contribution in [3.8, 4) is 6.07 Å². The van der Waals surface area contributed by atoms with Crippen LogP contribution in [0.15, 0.2) is 24.3 Å². The second kappa shape index (κ2) is 4.58. The van der Waals surface area contributed by atoms with E-state index in [0.717, 1.165) is 24.8 Å². The van der Waals surface area contributed by atoms with Crippen LogP contribution in [0.4, 0.5) is 0 Å². The number of carbonyl (C=O) groups excluding carboxylic acids is 1. The Hall–Kier alpha value is -1.82. The first-order valence-corrected chi connectivity index (χ1v) is 5.91. The second-order valence-electron chi connectivity index (χ2n) is 4.35. The molecule has 0 amide bonds. The maximum atomic E-state index is 11.6. The summed E-state index contributed by atoms with van der Waals surface area (Å²) < 4.78 is 4.96. The van der Waals surface area contributed by atoms with Crippen molar-refractivity contribution >= 4 is 5.97 Å². The van der Waals surface area contributed by atoms with E-state index in [9.17, 15) is 10.1 Å². The maximum Gasteiger partial charge on any atom is 0.338 e. The van der Waals surface area contributed by atoms with Crippen molar-refractivity contribution in [1.29, 1.82) is 5.26 Å². The average Bonchev–Trinajstić information content (AvgIpc) is 2.29. The Kier molecular flexibility index (Phi) is 3.14. The predicted molar refractivity (Wildman–Crippen MR) is 63.5 cm³/mol. The summed E-state index contributed by atoms with van der Waals surface area (Å²) in [4.78, 5) is 11.6. The molecular weight excluding hydrogens is 214 g/mol. The molecule has 0 N–H and O–H groups in total. The van der Waals surface area contributed by atoms with Gasteiger partial charge in [0.2, 0.25) is 0 Å². The van der Waals surface area contributed by atoms with Crippen molar-refractivity contribution in [3.05, 3.63) is 35.4 Å². The summed E-state index contributed by atoms with van der Waals surface area (Å²) in [5.41, 5.74) is 1.10. The molecular formula is C14H15NO2. The highest BCUT2D eigenvalue weighted by Crippen LogP contribution is 2.43. The minimum absolute atomic E-state index is 0.318. The van der Waals surface area contributed by atoms with Crippen molar-refractivity contribution in [2.75, 3.05) is 6.61 Å². The lowest BCUT2D eigenvalue weighted by atomic mass is 9.65. The third-order valence-corrected chi connectivity index (χ3v) is 3.35. The molecule has 17 heavy (non-hydrogen) atoms. The Labute approximate surface area is 101 Å². The molecule has 1 fully saturated rings. The molecule has 1 aromatic carbocycles. The Morgan fingerprint density at radius 3 is 2.82 bits per heavy atom. The van der Waals surface area contributed by atoms with E-state index in [1.54, 1.807) is 19.1 Å². The fraction of sp³-hybridized carbons (Fsp3) is 0.429. The number of nitriles is 1. The molecule has 0 bridgehead atoms. The van der Waals surface area contributed by atoms with Gasteiger partial charge in [0.1, 0.15) is 0 Å². The van der Waals surface area contributed by atoms with E-state index in [0.29, 0.717) is 12.2 Å². The minimum atomic E-state index is -0.373. The molecule has 2 rings (SSSR count). The first kappa shape index (κ1) is 11.7. The number of hydrogen-bond acceptors (Lipinski definition) is 3. The van der Waals surface area contributed by atoms with Gasteiger partial charge in [0.25, 0.3) is 0 Å². The lowest BCUT2D eigenvalue weighted by molar-refractivity contribution is 0.0526. The van der Waals surface area contributed by atoms with Crippen LogP contribution in [0.5, 0.6) is 0 Å². The van der Waals surface area contributed by atoms with Gasteiger partial charge in [0, 0.05) is 0 Å². The lowest BCUT2D eigenvalue weighted by Crippen LogP contribution is -2.32. The molecule has 0 spiro atoms. The monoisotopic (exact) mass is 229 g/mol. The minimum Gasteiger partial charge on any atom is -0.462 e. The molecule has 1 aliphatic carbocycles. The molecule has 3 heteroatoms. The zero-order valence-corrected chi connectivity index (χ0v) is 9.90. The lowest BCUT2D eigenvalue weighted by Gasteiger charge is -2.35. The zero-order chi connectivity index (χ0) is 12.3. The highest BCUT2D eigenvalue weighted by molar-refractivity contribution is 5.89. The zero-order valence-electron chi connectivity index (χ0n) is 9.90. The molecule has 88 valence electrons. The predicted octanol–water partition coefficient (Wildman–Crippen LogP) is 2.81. The fourth-order valence-electron chi connectivity index (χ4n) is 2.15. The van der Waals surface area contributed by atoms with E-state index in [1.807, 2.05) is 12.1 Å². The van der Waals surface area contributed by atoms with Crippen molar-refractivity contribution in [2.45, 2.75) is 31.6 Å². The van der Waals surface area contributed by atoms with E-state index >= 15 is 0 Å². The van der Waals surface area contributed by atoms with Crippen LogP contribution in [0.2, 0.25) is 0 Å². The highest BCUT2D eigenvalue weighted by Gasteiger charge is 2.39. The largest absolute Gasteiger partial charge is 0.462 e. The third kappa shape index (κ3) is 2.03. The van der Waals surface area contributed by atoms with Gasteiger partial charge in [-0.25, -0.2) is 4.79 Å². The van der Waals surface area contributed by atoms with E-state index in [2.05, 4.69) is 6.07 Å². The SMILES string of the molecule is CCOC(=O)c1cccc(C2(C#N)CCC2)c1. The summed E-state index contributed by atoms with van der Waals surface area (Å²) in [5.74, 6) is -0.318. The van der Waals surface area contributed by atoms with Crippen LogP contribution in [0.1, 0.15) is 42.1 Å². The molecule has 1 saturated carbocycles. The Balaban J connectivity index is 2.29. The average molecular weight is 229 g/mol. The Morgan fingerprint density at radius 1 is 1.53 bits per heavy atom. The van der Waals surface area contributed by atoms with E-state index in [-0.39, 0.29) is 11.4 Å². The van der Waals surface area contributed by atoms with Gasteiger partial charge in [-0.2, -0.15) is 5.26 Å². The first-order valence-electron chi connectivity index (χ1n) is 5.91. The molecule has 0 saturated heterocycles. The standard InChI is InChI=1S/C14H15NO2/c1-2-17-13(16)11-5-3-6-12(9-11)14(10-15)7-4-8-14/h3,5-6,9H,2,4,7-8H2,1H3. The van der Waals surface area contributed by atoms with Gasteiger partial charge in [-0.1, -0.05) is 12.1 Å². The summed E-state index contributed by atoms with van der Waals surface area (Å²) in [5, 5.41) is 9.26. The number of esters is 1. The third-order valence-electron chi connectivity index (χ3n) is 3.35. The normalized spacial score (nSPS) is 16.7. The van der Waals surface area contributed by atoms with Gasteiger partial charge in [0.15, 0.2) is 0 Å². The van der Waals surface area contributed by atoms with Gasteiger partial charge in [-0.05, 0) is 43.9 Å². The highest BCUT2D eigenvalue weighted by atomic mass is 16.5. The van der Waals surface area contributed by atoms with Crippen molar-refractivity contribution in [3.63, 3.8) is 0 Å². The quantitative estimate of drug-likeness (QED) is 0.749. The molecule has 0 unspecified atom stereocenters. The number of hydrogen-bond donors (Lipinski definition) is 0. The molecule has 0 aliphatic heterocycles. The molecule has 1 aliphatic rings. The van der Waals surface area contributed by atoms with Gasteiger partial charge >= 0.3 is 5.97 Å². The summed E-state index contributed by atoms with van der Waals surface area (Å²) in [6.45, 7) is 2.15. The van der Waals surface area contributed by atoms with Crippen LogP contribution in [-0.2, 0) is 10.2 Å². The molecule has 3 nitrogen and oxygen atoms in total. The summed E-state index contributed by atoms with van der Waals surface area (Å²) in [7, 11) is 0. The first-order chi connectivity index (χ1) is 8.22. The van der Waals surface area contributed by atoms with Gasteiger partial charge in [0.05, 0.1) is 23.7 Å². The van der Waals surface area contributed by atoms with Crippen LogP contribution in [0, 0.1) is 11.3 Å². The number of carbonyl (C=O) groups is 1. The van der Waals surface area contributed by atoms with Crippen LogP contribution in [0.3, 0.4) is 0 Å². The maximum absolute atomic E-state index is 11.6. The van der Waals surface area contributed by atoms with Crippen LogP contribution >= 0.6 is 0 Å². The van der Waals surface area contributed by atoms with Gasteiger partial charge in [-0.15, -0.1) is 0 Å². The summed E-state index contributed by atoms with van der Waals surface area (Å²) in [6.07, 6.45) is 2.85. The van der Waals surface area contributed by atoms with Crippen molar-refractivity contribution < 1.29 is 9.53 Å². The smallest absolute Gasteiger partial charge is 0.338 e. The molecule has 1 aromatic rings. The van der Waals surface area contributed by atoms with Gasteiger partial charge in [-0.3, -0.25) is 0 Å². The number of benzene rings is 1. The van der Waals surface area contributed by atoms with Crippen molar-refractivity contribution in [1.82, 2.24) is 0 Å². The summed E-state index contributed by atoms with van der Waals surface area (Å²) in [6, 6.07) is 9.64. The number of rotatable bonds is 3. The second-order valence-corrected chi connectivity index (χ2v) is 4.35. The fourth-order valence-corrected chi connectivity index (χ4v) is 2.15. The summed E-state index contributed by atoms with van der Waals surface area (Å²) >= 11 is 0. The van der Waals surface area contributed by atoms with E-state index in [4.69, 9.17) is 4.74 Å². The van der Waals surface area contributed by atoms with Crippen molar-refractivity contribution in [2.24, 2.45) is 0 Å². The molecule has 0 radical (unpaired) electrons. The van der Waals surface area contributed by atoms with Crippen LogP contribution in [0.25, 0.3) is 0 Å². The number of ether oxygens (including phenoxy) is 1. The van der Waals surface area contributed by atoms with Crippen LogP contribution < -0.4 is 0 Å². The topological polar surface area (TPSA) is 50.1 Å². The van der Waals surface area contributed by atoms with E-state index in [1.165, 1.54) is 0 Å². The number of nitrogens with zero attached hydrogens (tertiary/aromatic N) is 1. The van der Waals surface area contributed by atoms with Crippen LogP contribution in [-0.4, -0.2) is 12.6 Å². The van der Waals surface area contributed by atoms with Gasteiger partial charge < -0.3 is 4.74 Å². The Morgan fingerprint density at radius 2 is 2.29 bits per heavy atom. The molecule has 0 heterocycles. The molecule has 0 atom stereocenters.